The van der Waals surface area contributed by atoms with Gasteiger partial charge in [-0.25, -0.2) is 9.67 Å². The summed E-state index contributed by atoms with van der Waals surface area (Å²) >= 11 is 0. The van der Waals surface area contributed by atoms with E-state index in [9.17, 15) is 4.79 Å². The van der Waals surface area contributed by atoms with Crippen LogP contribution in [0.1, 0.15) is 17.8 Å². The van der Waals surface area contributed by atoms with Crippen LogP contribution in [0.2, 0.25) is 0 Å². The molecule has 2 N–H and O–H groups in total. The predicted molar refractivity (Wildman–Crippen MR) is 81.6 cm³/mol. The molecule has 0 unspecified atom stereocenters. The Balaban J connectivity index is 1.70. The molecule has 0 spiro atoms. The highest BCUT2D eigenvalue weighted by atomic mass is 16.1. The molecule has 2 heterocycles. The van der Waals surface area contributed by atoms with E-state index in [-0.39, 0.29) is 5.91 Å². The van der Waals surface area contributed by atoms with Crippen LogP contribution in [0.5, 0.6) is 0 Å². The fourth-order valence-corrected chi connectivity index (χ4v) is 2.18. The van der Waals surface area contributed by atoms with Gasteiger partial charge in [0.1, 0.15) is 18.0 Å². The van der Waals surface area contributed by atoms with E-state index in [4.69, 9.17) is 0 Å². The van der Waals surface area contributed by atoms with Crippen molar-refractivity contribution in [1.82, 2.24) is 25.0 Å². The first kappa shape index (κ1) is 14.0. The van der Waals surface area contributed by atoms with Crippen LogP contribution in [0.15, 0.2) is 42.9 Å². The molecule has 0 saturated carbocycles. The Bertz CT molecular complexity index is 762. The van der Waals surface area contributed by atoms with E-state index in [1.54, 1.807) is 16.9 Å². The van der Waals surface area contributed by atoms with Crippen LogP contribution in [0.25, 0.3) is 5.69 Å². The number of H-pyrrole nitrogens is 1. The second-order valence-electron chi connectivity index (χ2n) is 4.90. The summed E-state index contributed by atoms with van der Waals surface area (Å²) in [6, 6.07) is 9.66. The molecule has 3 rings (SSSR count). The number of amides is 1. The maximum atomic E-state index is 12.1. The van der Waals surface area contributed by atoms with E-state index < -0.39 is 0 Å². The molecule has 0 atom stereocenters. The van der Waals surface area contributed by atoms with Gasteiger partial charge in [0.05, 0.1) is 11.9 Å². The van der Waals surface area contributed by atoms with Crippen molar-refractivity contribution in [1.29, 1.82) is 0 Å². The molecule has 112 valence electrons. The molecule has 0 aliphatic rings. The molecular formula is C15H16N6O. The summed E-state index contributed by atoms with van der Waals surface area (Å²) in [5, 5.41) is 13.7. The van der Waals surface area contributed by atoms with Gasteiger partial charge in [-0.2, -0.15) is 10.2 Å². The zero-order chi connectivity index (χ0) is 15.4. The molecule has 0 saturated heterocycles. The van der Waals surface area contributed by atoms with E-state index in [1.807, 2.05) is 31.2 Å². The number of benzene rings is 1. The van der Waals surface area contributed by atoms with Gasteiger partial charge >= 0.3 is 0 Å². The monoisotopic (exact) mass is 296 g/mol. The molecule has 0 aliphatic carbocycles. The molecular weight excluding hydrogens is 280 g/mol. The van der Waals surface area contributed by atoms with Crippen molar-refractivity contribution in [3.63, 3.8) is 0 Å². The minimum absolute atomic E-state index is 0.0910. The normalized spacial score (nSPS) is 10.6. The zero-order valence-corrected chi connectivity index (χ0v) is 12.2. The molecule has 2 aromatic heterocycles. The van der Waals surface area contributed by atoms with E-state index >= 15 is 0 Å². The topological polar surface area (TPSA) is 88.5 Å². The Morgan fingerprint density at radius 1 is 1.32 bits per heavy atom. The van der Waals surface area contributed by atoms with Crippen LogP contribution in [0.3, 0.4) is 0 Å². The smallest absolute Gasteiger partial charge is 0.225 e. The van der Waals surface area contributed by atoms with Gasteiger partial charge in [-0.15, -0.1) is 0 Å². The minimum Gasteiger partial charge on any atom is -0.311 e. The lowest BCUT2D eigenvalue weighted by Gasteiger charge is -2.10. The highest BCUT2D eigenvalue weighted by Crippen LogP contribution is 2.18. The van der Waals surface area contributed by atoms with E-state index in [1.165, 1.54) is 6.33 Å². The number of hydrogen-bond donors (Lipinski definition) is 2. The van der Waals surface area contributed by atoms with Crippen LogP contribution >= 0.6 is 0 Å². The number of nitrogens with one attached hydrogen (secondary N) is 2. The third-order valence-corrected chi connectivity index (χ3v) is 3.31. The van der Waals surface area contributed by atoms with Gasteiger partial charge in [0.15, 0.2) is 0 Å². The van der Waals surface area contributed by atoms with Gasteiger partial charge in [-0.3, -0.25) is 9.89 Å². The molecule has 3 aromatic rings. The number of nitrogens with zero attached hydrogens (tertiary/aromatic N) is 4. The Morgan fingerprint density at radius 2 is 2.18 bits per heavy atom. The first-order valence-electron chi connectivity index (χ1n) is 6.98. The number of hydrogen-bond acceptors (Lipinski definition) is 4. The third-order valence-electron chi connectivity index (χ3n) is 3.31. The number of aromatic nitrogens is 5. The Kier molecular flexibility index (Phi) is 3.95. The Labute approximate surface area is 127 Å². The molecule has 7 heteroatoms. The summed E-state index contributed by atoms with van der Waals surface area (Å²) in [4.78, 5) is 16.1. The van der Waals surface area contributed by atoms with Crippen LogP contribution in [-0.2, 0) is 11.2 Å². The molecule has 1 aromatic carbocycles. The average molecular weight is 296 g/mol. The molecule has 0 aliphatic heterocycles. The quantitative estimate of drug-likeness (QED) is 0.752. The van der Waals surface area contributed by atoms with Gasteiger partial charge in [-0.1, -0.05) is 18.2 Å². The van der Waals surface area contributed by atoms with Crippen molar-refractivity contribution in [3.05, 3.63) is 54.2 Å². The van der Waals surface area contributed by atoms with Crippen LogP contribution < -0.4 is 5.32 Å². The second kappa shape index (κ2) is 6.21. The molecule has 7 nitrogen and oxygen atoms in total. The minimum atomic E-state index is -0.0910. The summed E-state index contributed by atoms with van der Waals surface area (Å²) in [6.45, 7) is 2.01. The number of aromatic amines is 1. The highest BCUT2D eigenvalue weighted by molar-refractivity contribution is 5.90. The van der Waals surface area contributed by atoms with E-state index in [0.29, 0.717) is 24.5 Å². The van der Waals surface area contributed by atoms with E-state index in [0.717, 1.165) is 11.3 Å². The van der Waals surface area contributed by atoms with Crippen LogP contribution in [-0.4, -0.2) is 30.9 Å². The first-order chi connectivity index (χ1) is 10.7. The lowest BCUT2D eigenvalue weighted by Crippen LogP contribution is -2.16. The average Bonchev–Trinajstić information content (AvgIpc) is 3.17. The molecule has 0 radical (unpaired) electrons. The maximum absolute atomic E-state index is 12.1. The van der Waals surface area contributed by atoms with Crippen molar-refractivity contribution in [2.24, 2.45) is 0 Å². The van der Waals surface area contributed by atoms with Crippen molar-refractivity contribution < 1.29 is 4.79 Å². The van der Waals surface area contributed by atoms with Gasteiger partial charge < -0.3 is 5.32 Å². The van der Waals surface area contributed by atoms with Crippen molar-refractivity contribution in [2.75, 3.05) is 5.32 Å². The number of aryl methyl sites for hydroxylation is 2. The predicted octanol–water partition coefficient (Wildman–Crippen LogP) is 1.87. The number of carbonyl (C=O) groups excluding carboxylic acids is 1. The SMILES string of the molecule is Cc1ccccc1-n1nccc1NC(=O)CCc1ncn[nH]1. The Morgan fingerprint density at radius 3 is 2.95 bits per heavy atom. The van der Waals surface area contributed by atoms with Gasteiger partial charge in [0, 0.05) is 18.9 Å². The van der Waals surface area contributed by atoms with Crippen LogP contribution in [0.4, 0.5) is 5.82 Å². The highest BCUT2D eigenvalue weighted by Gasteiger charge is 2.10. The van der Waals surface area contributed by atoms with Crippen molar-refractivity contribution >= 4 is 11.7 Å². The van der Waals surface area contributed by atoms with Gasteiger partial charge in [0.25, 0.3) is 0 Å². The second-order valence-corrected chi connectivity index (χ2v) is 4.90. The molecule has 0 bridgehead atoms. The lowest BCUT2D eigenvalue weighted by molar-refractivity contribution is -0.116. The molecule has 0 fully saturated rings. The summed E-state index contributed by atoms with van der Waals surface area (Å²) in [7, 11) is 0. The number of para-hydroxylation sites is 1. The number of rotatable bonds is 5. The summed E-state index contributed by atoms with van der Waals surface area (Å²) in [6.07, 6.45) is 3.94. The summed E-state index contributed by atoms with van der Waals surface area (Å²) in [5.74, 6) is 1.26. The Hall–Kier alpha value is -2.96. The standard InChI is InChI=1S/C15H16N6O/c1-11-4-2-3-5-12(11)21-14(8-9-18-21)19-15(22)7-6-13-16-10-17-20-13/h2-5,8-10H,6-7H2,1H3,(H,19,22)(H,16,17,20). The maximum Gasteiger partial charge on any atom is 0.225 e. The van der Waals surface area contributed by atoms with Gasteiger partial charge in [-0.05, 0) is 18.6 Å². The summed E-state index contributed by atoms with van der Waals surface area (Å²) in [5.41, 5.74) is 2.03. The lowest BCUT2D eigenvalue weighted by atomic mass is 10.2. The van der Waals surface area contributed by atoms with Gasteiger partial charge in [0.2, 0.25) is 5.91 Å². The zero-order valence-electron chi connectivity index (χ0n) is 12.2. The number of anilines is 1. The van der Waals surface area contributed by atoms with Crippen LogP contribution in [0, 0.1) is 6.92 Å². The molecule has 22 heavy (non-hydrogen) atoms. The summed E-state index contributed by atoms with van der Waals surface area (Å²) < 4.78 is 1.72. The van der Waals surface area contributed by atoms with Crippen molar-refractivity contribution in [2.45, 2.75) is 19.8 Å². The fraction of sp³-hybridized carbons (Fsp3) is 0.200. The van der Waals surface area contributed by atoms with Crippen molar-refractivity contribution in [3.8, 4) is 5.69 Å². The molecule has 1 amide bonds. The largest absolute Gasteiger partial charge is 0.311 e. The fourth-order valence-electron chi connectivity index (χ4n) is 2.18. The third kappa shape index (κ3) is 3.03. The first-order valence-corrected chi connectivity index (χ1v) is 6.98. The number of carbonyl (C=O) groups is 1. The van der Waals surface area contributed by atoms with E-state index in [2.05, 4.69) is 25.6 Å².